The molecule has 8 heteroatoms. The van der Waals surface area contributed by atoms with Gasteiger partial charge in [-0.25, -0.2) is 5.43 Å². The normalized spacial score (nSPS) is 15.6. The van der Waals surface area contributed by atoms with Crippen LogP contribution in [0.1, 0.15) is 37.8 Å². The van der Waals surface area contributed by atoms with Crippen molar-refractivity contribution in [2.75, 3.05) is 19.8 Å². The molecule has 1 amide bonds. The van der Waals surface area contributed by atoms with Crippen molar-refractivity contribution >= 4 is 23.7 Å². The largest absolute Gasteiger partial charge is 0.490 e. The van der Waals surface area contributed by atoms with Gasteiger partial charge in [0, 0.05) is 5.02 Å². The van der Waals surface area contributed by atoms with Crippen LogP contribution in [0.3, 0.4) is 0 Å². The molecule has 0 saturated carbocycles. The quantitative estimate of drug-likeness (QED) is 0.458. The highest BCUT2D eigenvalue weighted by atomic mass is 35.5. The first-order valence-electron chi connectivity index (χ1n) is 10.2. The van der Waals surface area contributed by atoms with E-state index in [4.69, 9.17) is 30.5 Å². The Morgan fingerprint density at radius 1 is 1.16 bits per heavy atom. The summed E-state index contributed by atoms with van der Waals surface area (Å²) in [5.74, 6) is 0.0395. The van der Waals surface area contributed by atoms with Crippen molar-refractivity contribution in [3.63, 3.8) is 0 Å². The number of carbonyl (C=O) groups is 1. The summed E-state index contributed by atoms with van der Waals surface area (Å²) in [5, 5.41) is 4.71. The lowest BCUT2D eigenvalue weighted by Crippen LogP contribution is -2.41. The molecule has 1 fully saturated rings. The van der Waals surface area contributed by atoms with E-state index in [1.165, 1.54) is 0 Å². The van der Waals surface area contributed by atoms with Gasteiger partial charge in [-0.3, -0.25) is 4.79 Å². The van der Waals surface area contributed by atoms with Crippen LogP contribution in [0.5, 0.6) is 11.5 Å². The second-order valence-corrected chi connectivity index (χ2v) is 7.65. The van der Waals surface area contributed by atoms with Gasteiger partial charge >= 0.3 is 0 Å². The Bertz CT molecular complexity index is 895. The second-order valence-electron chi connectivity index (χ2n) is 7.21. The molecule has 3 rings (SSSR count). The number of amides is 1. The predicted molar refractivity (Wildman–Crippen MR) is 119 cm³/mol. The van der Waals surface area contributed by atoms with E-state index in [-0.39, 0.29) is 12.3 Å². The van der Waals surface area contributed by atoms with Gasteiger partial charge in [-0.2, -0.15) is 5.10 Å². The Morgan fingerprint density at radius 2 is 1.90 bits per heavy atom. The molecule has 166 valence electrons. The number of halogens is 1. The van der Waals surface area contributed by atoms with Gasteiger partial charge < -0.3 is 18.9 Å². The van der Waals surface area contributed by atoms with Crippen LogP contribution in [0.2, 0.25) is 5.02 Å². The lowest BCUT2D eigenvalue weighted by molar-refractivity contribution is -0.256. The average Bonchev–Trinajstić information content (AvgIpc) is 2.75. The molecular formula is C23H27ClN2O5. The number of hydrazone groups is 1. The first-order chi connectivity index (χ1) is 15.0. The van der Waals surface area contributed by atoms with Crippen molar-refractivity contribution in [3.05, 3.63) is 58.6 Å². The number of ether oxygens (including phenoxy) is 4. The summed E-state index contributed by atoms with van der Waals surface area (Å²) in [7, 11) is 0. The molecular weight excluding hydrogens is 420 g/mol. The lowest BCUT2D eigenvalue weighted by atomic mass is 10.2. The van der Waals surface area contributed by atoms with Crippen molar-refractivity contribution in [1.29, 1.82) is 0 Å². The summed E-state index contributed by atoms with van der Waals surface area (Å²) in [5.41, 5.74) is 4.27. The van der Waals surface area contributed by atoms with Crippen LogP contribution < -0.4 is 14.9 Å². The van der Waals surface area contributed by atoms with E-state index < -0.39 is 5.79 Å². The van der Waals surface area contributed by atoms with Crippen molar-refractivity contribution in [1.82, 2.24) is 5.43 Å². The molecule has 0 aliphatic carbocycles. The zero-order chi connectivity index (χ0) is 22.1. The summed E-state index contributed by atoms with van der Waals surface area (Å²) in [6.07, 6.45) is 2.46. The third kappa shape index (κ3) is 7.24. The molecule has 31 heavy (non-hydrogen) atoms. The Hall–Kier alpha value is -2.61. The predicted octanol–water partition coefficient (Wildman–Crippen LogP) is 4.31. The Morgan fingerprint density at radius 3 is 2.61 bits per heavy atom. The molecule has 1 saturated heterocycles. The Kier molecular flexibility index (Phi) is 8.28. The number of nitrogens with zero attached hydrogens (tertiary/aromatic N) is 1. The van der Waals surface area contributed by atoms with Gasteiger partial charge in [-0.1, -0.05) is 23.7 Å². The zero-order valence-electron chi connectivity index (χ0n) is 17.7. The van der Waals surface area contributed by atoms with E-state index in [1.807, 2.05) is 49.4 Å². The molecule has 2 aromatic rings. The Labute approximate surface area is 187 Å². The van der Waals surface area contributed by atoms with Crippen LogP contribution in [0.25, 0.3) is 0 Å². The number of hydrogen-bond acceptors (Lipinski definition) is 6. The molecule has 0 spiro atoms. The molecule has 1 heterocycles. The van der Waals surface area contributed by atoms with Gasteiger partial charge in [0.05, 0.1) is 32.5 Å². The average molecular weight is 447 g/mol. The molecule has 1 N–H and O–H groups in total. The fourth-order valence-corrected chi connectivity index (χ4v) is 3.15. The second kappa shape index (κ2) is 11.1. The minimum atomic E-state index is -0.900. The van der Waals surface area contributed by atoms with Crippen LogP contribution in [0, 0.1) is 0 Å². The lowest BCUT2D eigenvalue weighted by Gasteiger charge is -2.33. The number of nitrogens with one attached hydrogen (secondary N) is 1. The third-order valence-electron chi connectivity index (χ3n) is 4.56. The highest BCUT2D eigenvalue weighted by Gasteiger charge is 2.31. The molecule has 1 aliphatic rings. The number of rotatable bonds is 9. The topological polar surface area (TPSA) is 78.4 Å². The van der Waals surface area contributed by atoms with Gasteiger partial charge in [-0.15, -0.1) is 0 Å². The highest BCUT2D eigenvalue weighted by molar-refractivity contribution is 6.30. The van der Waals surface area contributed by atoms with Gasteiger partial charge in [0.2, 0.25) is 5.91 Å². The molecule has 7 nitrogen and oxygen atoms in total. The summed E-state index contributed by atoms with van der Waals surface area (Å²) in [6, 6.07) is 12.9. The summed E-state index contributed by atoms with van der Waals surface area (Å²) >= 11 is 5.92. The van der Waals surface area contributed by atoms with Crippen molar-refractivity contribution in [2.45, 2.75) is 39.1 Å². The van der Waals surface area contributed by atoms with E-state index >= 15 is 0 Å². The summed E-state index contributed by atoms with van der Waals surface area (Å²) < 4.78 is 22.7. The molecule has 0 bridgehead atoms. The molecule has 2 aromatic carbocycles. The minimum absolute atomic E-state index is 0.0754. The SMILES string of the molecule is CCOc1cc(/C=N\NC(=O)CC2(C)OCCCO2)ccc1OCc1ccc(Cl)cc1. The summed E-state index contributed by atoms with van der Waals surface area (Å²) in [6.45, 7) is 5.71. The van der Waals surface area contributed by atoms with Crippen LogP contribution in [0.4, 0.5) is 0 Å². The van der Waals surface area contributed by atoms with Crippen molar-refractivity contribution in [3.8, 4) is 11.5 Å². The number of carbonyl (C=O) groups excluding carboxylic acids is 1. The van der Waals surface area contributed by atoms with E-state index in [0.29, 0.717) is 42.9 Å². The molecule has 0 radical (unpaired) electrons. The number of hydrogen-bond donors (Lipinski definition) is 1. The van der Waals surface area contributed by atoms with Crippen LogP contribution in [-0.2, 0) is 20.9 Å². The van der Waals surface area contributed by atoms with E-state index in [2.05, 4.69) is 10.5 Å². The Balaban J connectivity index is 1.57. The molecule has 0 aromatic heterocycles. The highest BCUT2D eigenvalue weighted by Crippen LogP contribution is 2.29. The van der Waals surface area contributed by atoms with Gasteiger partial charge in [0.25, 0.3) is 0 Å². The third-order valence-corrected chi connectivity index (χ3v) is 4.82. The number of benzene rings is 2. The van der Waals surface area contributed by atoms with E-state index in [0.717, 1.165) is 17.5 Å². The minimum Gasteiger partial charge on any atom is -0.490 e. The maximum Gasteiger partial charge on any atom is 0.245 e. The van der Waals surface area contributed by atoms with Gasteiger partial charge in [-0.05, 0) is 61.7 Å². The maximum absolute atomic E-state index is 12.1. The molecule has 0 atom stereocenters. The van der Waals surface area contributed by atoms with Crippen LogP contribution >= 0.6 is 11.6 Å². The van der Waals surface area contributed by atoms with Crippen LogP contribution in [-0.4, -0.2) is 37.7 Å². The van der Waals surface area contributed by atoms with Crippen molar-refractivity contribution < 1.29 is 23.7 Å². The van der Waals surface area contributed by atoms with Crippen molar-refractivity contribution in [2.24, 2.45) is 5.10 Å². The fourth-order valence-electron chi connectivity index (χ4n) is 3.02. The molecule has 1 aliphatic heterocycles. The first-order valence-corrected chi connectivity index (χ1v) is 10.6. The zero-order valence-corrected chi connectivity index (χ0v) is 18.5. The standard InChI is InChI=1S/C23H27ClN2O5/c1-3-28-21-13-18(7-10-20(21)29-16-17-5-8-19(24)9-6-17)15-25-26-22(27)14-23(2)30-11-4-12-31-23/h5-10,13,15H,3-4,11-12,14,16H2,1-2H3,(H,26,27)/b25-15-. The monoisotopic (exact) mass is 446 g/mol. The van der Waals surface area contributed by atoms with Crippen LogP contribution in [0.15, 0.2) is 47.6 Å². The smallest absolute Gasteiger partial charge is 0.245 e. The molecule has 0 unspecified atom stereocenters. The van der Waals surface area contributed by atoms with Gasteiger partial charge in [0.1, 0.15) is 6.61 Å². The fraction of sp³-hybridized carbons (Fsp3) is 0.391. The summed E-state index contributed by atoms with van der Waals surface area (Å²) in [4.78, 5) is 12.1. The van der Waals surface area contributed by atoms with E-state index in [1.54, 1.807) is 13.1 Å². The van der Waals surface area contributed by atoms with Gasteiger partial charge in [0.15, 0.2) is 17.3 Å². The first kappa shape index (κ1) is 23.1. The van der Waals surface area contributed by atoms with E-state index in [9.17, 15) is 4.79 Å². The maximum atomic E-state index is 12.1.